The molecule has 3 aromatic rings. The zero-order chi connectivity index (χ0) is 18.4. The van der Waals surface area contributed by atoms with Gasteiger partial charge in [-0.25, -0.2) is 0 Å². The van der Waals surface area contributed by atoms with E-state index < -0.39 is 0 Å². The molecule has 0 bridgehead atoms. The number of aromatic nitrogens is 1. The Hall–Kier alpha value is -2.65. The lowest BCUT2D eigenvalue weighted by atomic mass is 10.1. The number of rotatable bonds is 7. The van der Waals surface area contributed by atoms with Gasteiger partial charge in [0.2, 0.25) is 0 Å². The molecule has 0 saturated heterocycles. The Kier molecular flexibility index (Phi) is 6.03. The van der Waals surface area contributed by atoms with Crippen LogP contribution >= 0.6 is 0 Å². The topological polar surface area (TPSA) is 36.4 Å². The maximum Gasteiger partial charge on any atom is 0.0853 e. The van der Waals surface area contributed by atoms with Crippen molar-refractivity contribution >= 4 is 5.69 Å². The van der Waals surface area contributed by atoms with Crippen molar-refractivity contribution < 1.29 is 5.11 Å². The first-order chi connectivity index (χ1) is 12.7. The second kappa shape index (κ2) is 8.63. The van der Waals surface area contributed by atoms with Gasteiger partial charge in [0.1, 0.15) is 0 Å². The van der Waals surface area contributed by atoms with Gasteiger partial charge in [0.15, 0.2) is 0 Å². The van der Waals surface area contributed by atoms with Crippen LogP contribution in [0.4, 0.5) is 5.69 Å². The quantitative estimate of drug-likeness (QED) is 0.656. The lowest BCUT2D eigenvalue weighted by molar-refractivity contribution is 0.277. The zero-order valence-corrected chi connectivity index (χ0v) is 15.5. The van der Waals surface area contributed by atoms with Crippen LogP contribution in [0.5, 0.6) is 0 Å². The minimum atomic E-state index is -0.0365. The molecule has 3 nitrogen and oxygen atoms in total. The average Bonchev–Trinajstić information content (AvgIpc) is 2.68. The van der Waals surface area contributed by atoms with Crippen molar-refractivity contribution in [2.45, 2.75) is 33.4 Å². The molecule has 0 amide bonds. The number of aliphatic hydroxyl groups excluding tert-OH is 1. The van der Waals surface area contributed by atoms with Crippen LogP contribution in [-0.2, 0) is 13.2 Å². The molecule has 0 radical (unpaired) electrons. The summed E-state index contributed by atoms with van der Waals surface area (Å²) in [6.45, 7) is 6.19. The van der Waals surface area contributed by atoms with Crippen molar-refractivity contribution in [1.82, 2.24) is 4.98 Å². The van der Waals surface area contributed by atoms with Crippen LogP contribution < -0.4 is 4.90 Å². The van der Waals surface area contributed by atoms with Gasteiger partial charge in [-0.05, 0) is 54.8 Å². The summed E-state index contributed by atoms with van der Waals surface area (Å²) < 4.78 is 0. The number of aryl methyl sites for hydroxylation is 1. The molecule has 0 aliphatic carbocycles. The highest BCUT2D eigenvalue weighted by Crippen LogP contribution is 2.23. The van der Waals surface area contributed by atoms with Crippen LogP contribution in [0.25, 0.3) is 11.3 Å². The van der Waals surface area contributed by atoms with Crippen molar-refractivity contribution in [2.24, 2.45) is 0 Å². The molecule has 0 aliphatic rings. The normalized spacial score (nSPS) is 10.7. The van der Waals surface area contributed by atoms with Gasteiger partial charge in [0, 0.05) is 24.3 Å². The molecule has 0 atom stereocenters. The number of benzene rings is 2. The molecule has 0 aliphatic heterocycles. The molecule has 0 unspecified atom stereocenters. The monoisotopic (exact) mass is 346 g/mol. The summed E-state index contributed by atoms with van der Waals surface area (Å²) >= 11 is 0. The standard InChI is InChI=1S/C23H26N2O/c1-3-13-25(22-11-4-7-18(2)14-22)16-19-8-5-9-20(15-19)23-12-6-10-21(17-26)24-23/h4-12,14-15,26H,3,13,16-17H2,1-2H3. The fraction of sp³-hybridized carbons (Fsp3) is 0.261. The molecule has 1 aromatic heterocycles. The summed E-state index contributed by atoms with van der Waals surface area (Å²) in [5, 5.41) is 9.32. The SMILES string of the molecule is CCCN(Cc1cccc(-c2cccc(CO)n2)c1)c1cccc(C)c1. The third-order valence-electron chi connectivity index (χ3n) is 4.43. The van der Waals surface area contributed by atoms with Crippen LogP contribution in [0, 0.1) is 6.92 Å². The first-order valence-electron chi connectivity index (χ1n) is 9.17. The van der Waals surface area contributed by atoms with Crippen molar-refractivity contribution in [1.29, 1.82) is 0 Å². The van der Waals surface area contributed by atoms with Crippen LogP contribution in [0.1, 0.15) is 30.2 Å². The van der Waals surface area contributed by atoms with Crippen LogP contribution in [0.2, 0.25) is 0 Å². The second-order valence-electron chi connectivity index (χ2n) is 6.63. The van der Waals surface area contributed by atoms with Gasteiger partial charge in [0.05, 0.1) is 18.0 Å². The third-order valence-corrected chi connectivity index (χ3v) is 4.43. The molecule has 0 fully saturated rings. The molecular formula is C23H26N2O. The molecule has 2 aromatic carbocycles. The number of aliphatic hydroxyl groups is 1. The van der Waals surface area contributed by atoms with Gasteiger partial charge in [-0.2, -0.15) is 0 Å². The first kappa shape index (κ1) is 18.2. The van der Waals surface area contributed by atoms with E-state index in [4.69, 9.17) is 0 Å². The fourth-order valence-electron chi connectivity index (χ4n) is 3.17. The average molecular weight is 346 g/mol. The summed E-state index contributed by atoms with van der Waals surface area (Å²) in [7, 11) is 0. The van der Waals surface area contributed by atoms with E-state index in [-0.39, 0.29) is 6.61 Å². The minimum absolute atomic E-state index is 0.0365. The van der Waals surface area contributed by atoms with E-state index in [9.17, 15) is 5.11 Å². The third kappa shape index (κ3) is 4.50. The zero-order valence-electron chi connectivity index (χ0n) is 15.5. The Balaban J connectivity index is 1.86. The summed E-state index contributed by atoms with van der Waals surface area (Å²) in [4.78, 5) is 6.94. The van der Waals surface area contributed by atoms with Crippen LogP contribution in [0.3, 0.4) is 0 Å². The number of anilines is 1. The van der Waals surface area contributed by atoms with E-state index in [1.807, 2.05) is 18.2 Å². The summed E-state index contributed by atoms with van der Waals surface area (Å²) in [5.41, 5.74) is 6.48. The number of hydrogen-bond donors (Lipinski definition) is 1. The smallest absolute Gasteiger partial charge is 0.0853 e. The van der Waals surface area contributed by atoms with E-state index >= 15 is 0 Å². The van der Waals surface area contributed by atoms with E-state index in [1.165, 1.54) is 16.8 Å². The number of nitrogens with zero attached hydrogens (tertiary/aromatic N) is 2. The fourth-order valence-corrected chi connectivity index (χ4v) is 3.17. The molecule has 26 heavy (non-hydrogen) atoms. The van der Waals surface area contributed by atoms with E-state index in [0.717, 1.165) is 30.8 Å². The van der Waals surface area contributed by atoms with Gasteiger partial charge in [-0.1, -0.05) is 43.3 Å². The molecule has 1 heterocycles. The predicted molar refractivity (Wildman–Crippen MR) is 108 cm³/mol. The Labute approximate surface area is 156 Å². The Morgan fingerprint density at radius 1 is 0.962 bits per heavy atom. The highest BCUT2D eigenvalue weighted by molar-refractivity contribution is 5.60. The highest BCUT2D eigenvalue weighted by atomic mass is 16.3. The maximum atomic E-state index is 9.32. The summed E-state index contributed by atoms with van der Waals surface area (Å²) in [6, 6.07) is 23.0. The lowest BCUT2D eigenvalue weighted by Gasteiger charge is -2.25. The first-order valence-corrected chi connectivity index (χ1v) is 9.17. The molecule has 3 rings (SSSR count). The minimum Gasteiger partial charge on any atom is -0.390 e. The van der Waals surface area contributed by atoms with Gasteiger partial charge < -0.3 is 10.0 Å². The molecule has 3 heteroatoms. The summed E-state index contributed by atoms with van der Waals surface area (Å²) in [5.74, 6) is 0. The molecule has 0 saturated carbocycles. The van der Waals surface area contributed by atoms with Crippen molar-refractivity contribution in [2.75, 3.05) is 11.4 Å². The van der Waals surface area contributed by atoms with Gasteiger partial charge in [-0.3, -0.25) is 4.98 Å². The highest BCUT2D eigenvalue weighted by Gasteiger charge is 2.08. The van der Waals surface area contributed by atoms with Gasteiger partial charge in [-0.15, -0.1) is 0 Å². The number of hydrogen-bond acceptors (Lipinski definition) is 3. The Morgan fingerprint density at radius 3 is 2.54 bits per heavy atom. The molecule has 1 N–H and O–H groups in total. The predicted octanol–water partition coefficient (Wildman–Crippen LogP) is 4.97. The molecule has 0 spiro atoms. The lowest BCUT2D eigenvalue weighted by Crippen LogP contribution is -2.23. The van der Waals surface area contributed by atoms with Crippen molar-refractivity contribution in [3.63, 3.8) is 0 Å². The van der Waals surface area contributed by atoms with Gasteiger partial charge in [0.25, 0.3) is 0 Å². The largest absolute Gasteiger partial charge is 0.390 e. The maximum absolute atomic E-state index is 9.32. The van der Waals surface area contributed by atoms with E-state index in [2.05, 4.69) is 72.3 Å². The van der Waals surface area contributed by atoms with E-state index in [0.29, 0.717) is 5.69 Å². The Morgan fingerprint density at radius 2 is 1.77 bits per heavy atom. The van der Waals surface area contributed by atoms with Crippen molar-refractivity contribution in [3.8, 4) is 11.3 Å². The summed E-state index contributed by atoms with van der Waals surface area (Å²) in [6.07, 6.45) is 1.10. The van der Waals surface area contributed by atoms with Crippen LogP contribution in [0.15, 0.2) is 66.7 Å². The number of pyridine rings is 1. The van der Waals surface area contributed by atoms with E-state index in [1.54, 1.807) is 0 Å². The molecular weight excluding hydrogens is 320 g/mol. The second-order valence-corrected chi connectivity index (χ2v) is 6.63. The van der Waals surface area contributed by atoms with Crippen molar-refractivity contribution in [3.05, 3.63) is 83.6 Å². The Bertz CT molecular complexity index is 860. The van der Waals surface area contributed by atoms with Gasteiger partial charge >= 0.3 is 0 Å². The molecule has 134 valence electrons. The van der Waals surface area contributed by atoms with Crippen LogP contribution in [-0.4, -0.2) is 16.6 Å².